The lowest BCUT2D eigenvalue weighted by Crippen LogP contribution is -2.29. The molecule has 0 aliphatic heterocycles. The van der Waals surface area contributed by atoms with Crippen LogP contribution >= 0.6 is 0 Å². The molecule has 0 unspecified atom stereocenters. The fraction of sp³-hybridized carbons (Fsp3) is 0.381. The molecular formula is C21H27N3O3. The zero-order valence-corrected chi connectivity index (χ0v) is 16.2. The predicted molar refractivity (Wildman–Crippen MR) is 105 cm³/mol. The molecule has 6 heteroatoms. The van der Waals surface area contributed by atoms with E-state index in [0.717, 1.165) is 24.2 Å². The van der Waals surface area contributed by atoms with E-state index in [1.165, 1.54) is 6.20 Å². The highest BCUT2D eigenvalue weighted by atomic mass is 16.5. The van der Waals surface area contributed by atoms with Gasteiger partial charge < -0.3 is 15.0 Å². The van der Waals surface area contributed by atoms with Crippen molar-refractivity contribution in [2.45, 2.75) is 26.2 Å². The second-order valence-electron chi connectivity index (χ2n) is 6.36. The summed E-state index contributed by atoms with van der Waals surface area (Å²) in [6.45, 7) is 3.27. The quantitative estimate of drug-likeness (QED) is 0.738. The van der Waals surface area contributed by atoms with E-state index in [1.807, 2.05) is 24.3 Å². The van der Waals surface area contributed by atoms with Gasteiger partial charge in [0.15, 0.2) is 0 Å². The van der Waals surface area contributed by atoms with Crippen molar-refractivity contribution in [1.29, 1.82) is 0 Å². The van der Waals surface area contributed by atoms with E-state index in [-0.39, 0.29) is 17.5 Å². The summed E-state index contributed by atoms with van der Waals surface area (Å²) in [5.41, 5.74) is 1.83. The number of carbonyl (C=O) groups excluding carboxylic acids is 2. The first-order chi connectivity index (χ1) is 13.0. The summed E-state index contributed by atoms with van der Waals surface area (Å²) >= 11 is 0. The van der Waals surface area contributed by atoms with Crippen LogP contribution in [0.2, 0.25) is 0 Å². The van der Waals surface area contributed by atoms with Crippen molar-refractivity contribution in [3.63, 3.8) is 0 Å². The van der Waals surface area contributed by atoms with Crippen LogP contribution in [0.15, 0.2) is 42.6 Å². The van der Waals surface area contributed by atoms with Gasteiger partial charge in [0.25, 0.3) is 11.8 Å². The number of aromatic nitrogens is 1. The molecule has 2 amide bonds. The molecule has 0 fully saturated rings. The average molecular weight is 369 g/mol. The van der Waals surface area contributed by atoms with Crippen molar-refractivity contribution in [3.05, 3.63) is 59.4 Å². The van der Waals surface area contributed by atoms with Gasteiger partial charge in [0.2, 0.25) is 0 Å². The molecule has 1 heterocycles. The predicted octanol–water partition coefficient (Wildman–Crippen LogP) is 2.93. The molecular weight excluding hydrogens is 342 g/mol. The summed E-state index contributed by atoms with van der Waals surface area (Å²) in [7, 11) is 3.40. The lowest BCUT2D eigenvalue weighted by Gasteiger charge is -2.16. The van der Waals surface area contributed by atoms with Crippen molar-refractivity contribution < 1.29 is 14.3 Å². The number of pyridine rings is 1. The molecule has 2 rings (SSSR count). The van der Waals surface area contributed by atoms with Crippen LogP contribution in [-0.4, -0.2) is 48.9 Å². The molecule has 0 radical (unpaired) electrons. The molecule has 27 heavy (non-hydrogen) atoms. The maximum Gasteiger partial charge on any atom is 0.269 e. The Morgan fingerprint density at radius 3 is 2.59 bits per heavy atom. The fourth-order valence-corrected chi connectivity index (χ4v) is 2.61. The molecule has 144 valence electrons. The minimum absolute atomic E-state index is 0.0990. The zero-order valence-electron chi connectivity index (χ0n) is 16.2. The minimum Gasteiger partial charge on any atom is -0.497 e. The molecule has 1 aromatic carbocycles. The van der Waals surface area contributed by atoms with Gasteiger partial charge in [-0.1, -0.05) is 25.5 Å². The van der Waals surface area contributed by atoms with Gasteiger partial charge in [0.05, 0.1) is 7.11 Å². The van der Waals surface area contributed by atoms with Crippen molar-refractivity contribution in [2.24, 2.45) is 0 Å². The number of nitrogens with one attached hydrogen (secondary N) is 1. The first kappa shape index (κ1) is 20.4. The molecule has 1 aromatic heterocycles. The van der Waals surface area contributed by atoms with Crippen molar-refractivity contribution in [3.8, 4) is 5.75 Å². The third-order valence-corrected chi connectivity index (χ3v) is 4.29. The second kappa shape index (κ2) is 10.3. The van der Waals surface area contributed by atoms with Crippen LogP contribution in [-0.2, 0) is 6.42 Å². The summed E-state index contributed by atoms with van der Waals surface area (Å²) in [5, 5.41) is 2.85. The Kier molecular flexibility index (Phi) is 7.79. The van der Waals surface area contributed by atoms with Crippen LogP contribution in [0.4, 0.5) is 0 Å². The van der Waals surface area contributed by atoms with Gasteiger partial charge in [-0.05, 0) is 42.7 Å². The Labute approximate surface area is 160 Å². The second-order valence-corrected chi connectivity index (χ2v) is 6.36. The number of unbranched alkanes of at least 4 members (excludes halogenated alkanes) is 1. The van der Waals surface area contributed by atoms with Gasteiger partial charge in [-0.2, -0.15) is 0 Å². The normalized spacial score (nSPS) is 10.3. The van der Waals surface area contributed by atoms with Gasteiger partial charge in [-0.25, -0.2) is 0 Å². The summed E-state index contributed by atoms with van der Waals surface area (Å²) in [5.74, 6) is 0.421. The third-order valence-electron chi connectivity index (χ3n) is 4.29. The van der Waals surface area contributed by atoms with Crippen LogP contribution < -0.4 is 10.1 Å². The number of benzene rings is 1. The van der Waals surface area contributed by atoms with Crippen LogP contribution in [0.5, 0.6) is 5.75 Å². The van der Waals surface area contributed by atoms with Crippen LogP contribution in [0.3, 0.4) is 0 Å². The Balaban J connectivity index is 1.91. The topological polar surface area (TPSA) is 71.5 Å². The SMILES string of the molecule is CCCCN(C)C(=O)c1ccnc(C(=O)NCCc2ccc(OC)cc2)c1. The van der Waals surface area contributed by atoms with E-state index in [0.29, 0.717) is 25.1 Å². The molecule has 0 saturated heterocycles. The Morgan fingerprint density at radius 1 is 1.19 bits per heavy atom. The zero-order chi connectivity index (χ0) is 19.6. The van der Waals surface area contributed by atoms with Gasteiger partial charge in [-0.15, -0.1) is 0 Å². The largest absolute Gasteiger partial charge is 0.497 e. The molecule has 0 saturated carbocycles. The van der Waals surface area contributed by atoms with Crippen LogP contribution in [0, 0.1) is 0 Å². The maximum absolute atomic E-state index is 12.4. The number of carbonyl (C=O) groups is 2. The first-order valence-electron chi connectivity index (χ1n) is 9.17. The molecule has 0 aliphatic rings. The highest BCUT2D eigenvalue weighted by molar-refractivity contribution is 5.98. The molecule has 0 spiro atoms. The number of hydrogen-bond donors (Lipinski definition) is 1. The third kappa shape index (κ3) is 6.09. The molecule has 0 aliphatic carbocycles. The molecule has 2 aromatic rings. The number of amides is 2. The van der Waals surface area contributed by atoms with Crippen LogP contribution in [0.25, 0.3) is 0 Å². The van der Waals surface area contributed by atoms with E-state index >= 15 is 0 Å². The van der Waals surface area contributed by atoms with E-state index in [1.54, 1.807) is 31.2 Å². The monoisotopic (exact) mass is 369 g/mol. The lowest BCUT2D eigenvalue weighted by molar-refractivity contribution is 0.0793. The molecule has 1 N–H and O–H groups in total. The highest BCUT2D eigenvalue weighted by Gasteiger charge is 2.14. The standard InChI is InChI=1S/C21H27N3O3/c1-4-5-14-24(2)21(26)17-11-13-22-19(15-17)20(25)23-12-10-16-6-8-18(27-3)9-7-16/h6-9,11,13,15H,4-5,10,12,14H2,1-3H3,(H,23,25). The summed E-state index contributed by atoms with van der Waals surface area (Å²) < 4.78 is 5.13. The summed E-state index contributed by atoms with van der Waals surface area (Å²) in [4.78, 5) is 30.5. The Bertz CT molecular complexity index is 760. The van der Waals surface area contributed by atoms with Gasteiger partial charge in [0, 0.05) is 31.9 Å². The lowest BCUT2D eigenvalue weighted by atomic mass is 10.1. The average Bonchev–Trinajstić information content (AvgIpc) is 2.71. The Morgan fingerprint density at radius 2 is 1.93 bits per heavy atom. The van der Waals surface area contributed by atoms with E-state index in [4.69, 9.17) is 4.74 Å². The Hall–Kier alpha value is -2.89. The minimum atomic E-state index is -0.283. The van der Waals surface area contributed by atoms with E-state index in [9.17, 15) is 9.59 Å². The first-order valence-corrected chi connectivity index (χ1v) is 9.17. The summed E-state index contributed by atoms with van der Waals surface area (Å²) in [6.07, 6.45) is 4.18. The van der Waals surface area contributed by atoms with Gasteiger partial charge >= 0.3 is 0 Å². The molecule has 0 atom stereocenters. The summed E-state index contributed by atoms with van der Waals surface area (Å²) in [6, 6.07) is 10.9. The maximum atomic E-state index is 12.4. The smallest absolute Gasteiger partial charge is 0.269 e. The van der Waals surface area contributed by atoms with Crippen molar-refractivity contribution >= 4 is 11.8 Å². The van der Waals surface area contributed by atoms with Crippen LogP contribution in [0.1, 0.15) is 46.2 Å². The van der Waals surface area contributed by atoms with Crippen molar-refractivity contribution in [1.82, 2.24) is 15.2 Å². The number of rotatable bonds is 9. The van der Waals surface area contributed by atoms with Gasteiger partial charge in [0.1, 0.15) is 11.4 Å². The highest BCUT2D eigenvalue weighted by Crippen LogP contribution is 2.11. The number of hydrogen-bond acceptors (Lipinski definition) is 4. The van der Waals surface area contributed by atoms with E-state index < -0.39 is 0 Å². The molecule has 0 bridgehead atoms. The number of ether oxygens (including phenoxy) is 1. The molecule has 6 nitrogen and oxygen atoms in total. The number of methoxy groups -OCH3 is 1. The van der Waals surface area contributed by atoms with Gasteiger partial charge in [-0.3, -0.25) is 14.6 Å². The van der Waals surface area contributed by atoms with Crippen molar-refractivity contribution in [2.75, 3.05) is 27.2 Å². The van der Waals surface area contributed by atoms with E-state index in [2.05, 4.69) is 17.2 Å². The fourth-order valence-electron chi connectivity index (χ4n) is 2.61. The number of nitrogens with zero attached hydrogens (tertiary/aromatic N) is 2.